The zero-order valence-electron chi connectivity index (χ0n) is 10.1. The number of benzene rings is 1. The van der Waals surface area contributed by atoms with Gasteiger partial charge >= 0.3 is 0 Å². The lowest BCUT2D eigenvalue weighted by molar-refractivity contribution is 0.106. The molecule has 18 heavy (non-hydrogen) atoms. The molecule has 0 fully saturated rings. The quantitative estimate of drug-likeness (QED) is 0.801. The molecular formula is C14H16FNO2. The fraction of sp³-hybridized carbons (Fsp3) is 0.286. The Hall–Kier alpha value is -1.65. The fourth-order valence-electron chi connectivity index (χ4n) is 1.61. The molecule has 0 saturated heterocycles. The highest BCUT2D eigenvalue weighted by atomic mass is 19.1. The molecule has 0 spiro atoms. The predicted molar refractivity (Wildman–Crippen MR) is 67.4 cm³/mol. The molecule has 0 unspecified atom stereocenters. The standard InChI is InChI=1S/C14H16FNO2/c15-12-4-1-3-11(9-12)14-6-5-13(18-14)10-17-8-2-7-16/h1,3-6,9H,2,7-8,10,16H2. The Morgan fingerprint density at radius 3 is 2.89 bits per heavy atom. The van der Waals surface area contributed by atoms with Crippen molar-refractivity contribution in [3.8, 4) is 11.3 Å². The molecule has 4 heteroatoms. The van der Waals surface area contributed by atoms with Crippen molar-refractivity contribution >= 4 is 0 Å². The van der Waals surface area contributed by atoms with Gasteiger partial charge in [-0.05, 0) is 37.2 Å². The molecule has 2 rings (SSSR count). The molecule has 0 amide bonds. The van der Waals surface area contributed by atoms with E-state index in [9.17, 15) is 4.39 Å². The first-order valence-corrected chi connectivity index (χ1v) is 5.92. The van der Waals surface area contributed by atoms with Gasteiger partial charge in [-0.15, -0.1) is 0 Å². The number of nitrogens with two attached hydrogens (primary N) is 1. The van der Waals surface area contributed by atoms with Crippen LogP contribution in [-0.2, 0) is 11.3 Å². The molecule has 0 aliphatic rings. The van der Waals surface area contributed by atoms with Gasteiger partial charge in [-0.3, -0.25) is 0 Å². The first-order valence-electron chi connectivity index (χ1n) is 5.92. The minimum atomic E-state index is -0.273. The smallest absolute Gasteiger partial charge is 0.134 e. The van der Waals surface area contributed by atoms with Crippen LogP contribution in [0.3, 0.4) is 0 Å². The second kappa shape index (κ2) is 6.33. The minimum absolute atomic E-state index is 0.273. The van der Waals surface area contributed by atoms with Crippen LogP contribution in [0.4, 0.5) is 4.39 Å². The van der Waals surface area contributed by atoms with Crippen LogP contribution >= 0.6 is 0 Å². The maximum atomic E-state index is 13.1. The van der Waals surface area contributed by atoms with Crippen molar-refractivity contribution in [1.29, 1.82) is 0 Å². The van der Waals surface area contributed by atoms with E-state index in [0.717, 1.165) is 17.7 Å². The first kappa shape index (κ1) is 12.8. The molecule has 3 nitrogen and oxygen atoms in total. The monoisotopic (exact) mass is 249 g/mol. The van der Waals surface area contributed by atoms with Crippen LogP contribution < -0.4 is 5.73 Å². The normalized spacial score (nSPS) is 10.8. The maximum Gasteiger partial charge on any atom is 0.134 e. The number of rotatable bonds is 6. The molecule has 0 aliphatic heterocycles. The zero-order chi connectivity index (χ0) is 12.8. The molecule has 1 aromatic carbocycles. The van der Waals surface area contributed by atoms with Crippen molar-refractivity contribution < 1.29 is 13.5 Å². The van der Waals surface area contributed by atoms with Crippen LogP contribution in [0.15, 0.2) is 40.8 Å². The summed E-state index contributed by atoms with van der Waals surface area (Å²) in [5.41, 5.74) is 6.09. The van der Waals surface area contributed by atoms with Crippen molar-refractivity contribution in [2.75, 3.05) is 13.2 Å². The third-order valence-electron chi connectivity index (χ3n) is 2.51. The van der Waals surface area contributed by atoms with Gasteiger partial charge in [-0.25, -0.2) is 4.39 Å². The Morgan fingerprint density at radius 1 is 1.22 bits per heavy atom. The largest absolute Gasteiger partial charge is 0.459 e. The average Bonchev–Trinajstić information content (AvgIpc) is 2.83. The van der Waals surface area contributed by atoms with Crippen molar-refractivity contribution in [3.05, 3.63) is 48.0 Å². The van der Waals surface area contributed by atoms with Crippen LogP contribution in [-0.4, -0.2) is 13.2 Å². The van der Waals surface area contributed by atoms with E-state index in [4.69, 9.17) is 14.9 Å². The molecule has 1 aromatic heterocycles. The van der Waals surface area contributed by atoms with Crippen molar-refractivity contribution in [2.45, 2.75) is 13.0 Å². The summed E-state index contributed by atoms with van der Waals surface area (Å²) in [6, 6.07) is 9.96. The van der Waals surface area contributed by atoms with Crippen LogP contribution in [0, 0.1) is 5.82 Å². The first-order chi connectivity index (χ1) is 8.79. The van der Waals surface area contributed by atoms with E-state index in [0.29, 0.717) is 25.5 Å². The van der Waals surface area contributed by atoms with E-state index in [-0.39, 0.29) is 5.82 Å². The van der Waals surface area contributed by atoms with Crippen molar-refractivity contribution in [3.63, 3.8) is 0 Å². The summed E-state index contributed by atoms with van der Waals surface area (Å²) in [6.45, 7) is 1.65. The summed E-state index contributed by atoms with van der Waals surface area (Å²) in [5, 5.41) is 0. The molecule has 0 aliphatic carbocycles. The van der Waals surface area contributed by atoms with Crippen LogP contribution in [0.5, 0.6) is 0 Å². The van der Waals surface area contributed by atoms with E-state index in [2.05, 4.69) is 0 Å². The van der Waals surface area contributed by atoms with E-state index in [1.165, 1.54) is 12.1 Å². The number of hydrogen-bond donors (Lipinski definition) is 1. The van der Waals surface area contributed by atoms with Crippen LogP contribution in [0.2, 0.25) is 0 Å². The van der Waals surface area contributed by atoms with Crippen LogP contribution in [0.1, 0.15) is 12.2 Å². The van der Waals surface area contributed by atoms with Crippen LogP contribution in [0.25, 0.3) is 11.3 Å². The third kappa shape index (κ3) is 3.42. The number of hydrogen-bond acceptors (Lipinski definition) is 3. The predicted octanol–water partition coefficient (Wildman–Crippen LogP) is 2.95. The Kier molecular flexibility index (Phi) is 4.50. The van der Waals surface area contributed by atoms with Gasteiger partial charge < -0.3 is 14.9 Å². The average molecular weight is 249 g/mol. The van der Waals surface area contributed by atoms with Gasteiger partial charge in [0.15, 0.2) is 0 Å². The minimum Gasteiger partial charge on any atom is -0.459 e. The lowest BCUT2D eigenvalue weighted by atomic mass is 10.2. The van der Waals surface area contributed by atoms with Crippen molar-refractivity contribution in [2.24, 2.45) is 5.73 Å². The van der Waals surface area contributed by atoms with Gasteiger partial charge in [0.2, 0.25) is 0 Å². The molecule has 0 radical (unpaired) electrons. The highest BCUT2D eigenvalue weighted by Crippen LogP contribution is 2.23. The molecule has 2 aromatic rings. The number of ether oxygens (including phenoxy) is 1. The highest BCUT2D eigenvalue weighted by Gasteiger charge is 2.05. The second-order valence-electron chi connectivity index (χ2n) is 3.97. The fourth-order valence-corrected chi connectivity index (χ4v) is 1.61. The van der Waals surface area contributed by atoms with E-state index in [1.807, 2.05) is 12.1 Å². The molecule has 0 atom stereocenters. The zero-order valence-corrected chi connectivity index (χ0v) is 10.1. The van der Waals surface area contributed by atoms with Crippen molar-refractivity contribution in [1.82, 2.24) is 0 Å². The topological polar surface area (TPSA) is 48.4 Å². The summed E-state index contributed by atoms with van der Waals surface area (Å²) in [4.78, 5) is 0. The highest BCUT2D eigenvalue weighted by molar-refractivity contribution is 5.57. The summed E-state index contributed by atoms with van der Waals surface area (Å²) in [5.74, 6) is 1.10. The Bertz CT molecular complexity index is 496. The molecule has 1 heterocycles. The lowest BCUT2D eigenvalue weighted by Gasteiger charge is -2.00. The molecule has 0 bridgehead atoms. The SMILES string of the molecule is NCCCOCc1ccc(-c2cccc(F)c2)o1. The number of halogens is 1. The van der Waals surface area contributed by atoms with Gasteiger partial charge in [0, 0.05) is 12.2 Å². The molecule has 2 N–H and O–H groups in total. The van der Waals surface area contributed by atoms with E-state index in [1.54, 1.807) is 12.1 Å². The summed E-state index contributed by atoms with van der Waals surface area (Å²) in [7, 11) is 0. The Morgan fingerprint density at radius 2 is 2.11 bits per heavy atom. The molecule has 96 valence electrons. The van der Waals surface area contributed by atoms with Gasteiger partial charge in [0.05, 0.1) is 0 Å². The van der Waals surface area contributed by atoms with E-state index < -0.39 is 0 Å². The molecular weight excluding hydrogens is 233 g/mol. The second-order valence-corrected chi connectivity index (χ2v) is 3.97. The lowest BCUT2D eigenvalue weighted by Crippen LogP contribution is -2.03. The number of furan rings is 1. The summed E-state index contributed by atoms with van der Waals surface area (Å²) < 4.78 is 24.0. The van der Waals surface area contributed by atoms with Gasteiger partial charge in [-0.1, -0.05) is 12.1 Å². The van der Waals surface area contributed by atoms with E-state index >= 15 is 0 Å². The summed E-state index contributed by atoms with van der Waals surface area (Å²) >= 11 is 0. The Labute approximate surface area is 105 Å². The third-order valence-corrected chi connectivity index (χ3v) is 2.51. The molecule has 0 saturated carbocycles. The van der Waals surface area contributed by atoms with Gasteiger partial charge in [0.25, 0.3) is 0 Å². The Balaban J connectivity index is 1.97. The summed E-state index contributed by atoms with van der Waals surface area (Å²) in [6.07, 6.45) is 0.831. The van der Waals surface area contributed by atoms with Gasteiger partial charge in [-0.2, -0.15) is 0 Å². The maximum absolute atomic E-state index is 13.1. The van der Waals surface area contributed by atoms with Gasteiger partial charge in [0.1, 0.15) is 23.9 Å².